The van der Waals surface area contributed by atoms with Crippen molar-refractivity contribution < 1.29 is 27.1 Å². The lowest BCUT2D eigenvalue weighted by Gasteiger charge is -2.24. The number of nitrogens with one attached hydrogen (secondary N) is 1. The van der Waals surface area contributed by atoms with Gasteiger partial charge in [0, 0.05) is 25.2 Å². The van der Waals surface area contributed by atoms with Gasteiger partial charge in [0.25, 0.3) is 10.0 Å². The first kappa shape index (κ1) is 26.2. The molecule has 1 heterocycles. The molecule has 0 spiro atoms. The lowest BCUT2D eigenvalue weighted by Crippen LogP contribution is -2.40. The summed E-state index contributed by atoms with van der Waals surface area (Å²) in [5, 5.41) is 2.75. The molecule has 4 rings (SSSR count). The van der Waals surface area contributed by atoms with Crippen molar-refractivity contribution in [1.82, 2.24) is 5.32 Å². The SMILES string of the molecule is CCOc1ccc(S(=O)(=O)N(CC(=O)NCc2cccc(N3CCCC3=O)c2)c2ccc(F)cc2)cc1. The van der Waals surface area contributed by atoms with Crippen LogP contribution in [-0.2, 0) is 26.2 Å². The molecule has 3 aromatic carbocycles. The van der Waals surface area contributed by atoms with Crippen molar-refractivity contribution in [3.8, 4) is 5.75 Å². The van der Waals surface area contributed by atoms with Crippen LogP contribution in [0.5, 0.6) is 5.75 Å². The van der Waals surface area contributed by atoms with Crippen molar-refractivity contribution in [3.63, 3.8) is 0 Å². The summed E-state index contributed by atoms with van der Waals surface area (Å²) in [7, 11) is -4.15. The van der Waals surface area contributed by atoms with Gasteiger partial charge in [0.1, 0.15) is 18.1 Å². The van der Waals surface area contributed by atoms with E-state index in [1.165, 1.54) is 36.4 Å². The molecule has 37 heavy (non-hydrogen) atoms. The third-order valence-electron chi connectivity index (χ3n) is 5.91. The lowest BCUT2D eigenvalue weighted by atomic mass is 10.2. The summed E-state index contributed by atoms with van der Waals surface area (Å²) < 4.78 is 46.8. The maximum atomic E-state index is 13.5. The molecule has 1 fully saturated rings. The molecule has 0 atom stereocenters. The molecule has 1 saturated heterocycles. The number of halogens is 1. The number of hydrogen-bond acceptors (Lipinski definition) is 5. The Labute approximate surface area is 215 Å². The highest BCUT2D eigenvalue weighted by atomic mass is 32.2. The van der Waals surface area contributed by atoms with Crippen molar-refractivity contribution in [2.45, 2.75) is 31.2 Å². The van der Waals surface area contributed by atoms with Gasteiger partial charge in [0.2, 0.25) is 11.8 Å². The zero-order valence-corrected chi connectivity index (χ0v) is 21.2. The largest absolute Gasteiger partial charge is 0.494 e. The van der Waals surface area contributed by atoms with E-state index >= 15 is 0 Å². The number of nitrogens with zero attached hydrogens (tertiary/aromatic N) is 2. The van der Waals surface area contributed by atoms with Crippen LogP contribution < -0.4 is 19.3 Å². The van der Waals surface area contributed by atoms with E-state index in [4.69, 9.17) is 4.74 Å². The molecule has 0 aliphatic carbocycles. The van der Waals surface area contributed by atoms with Crippen molar-refractivity contribution >= 4 is 33.2 Å². The summed E-state index contributed by atoms with van der Waals surface area (Å²) in [5.74, 6) is -0.481. The quantitative estimate of drug-likeness (QED) is 0.434. The zero-order chi connectivity index (χ0) is 26.4. The predicted molar refractivity (Wildman–Crippen MR) is 138 cm³/mol. The smallest absolute Gasteiger partial charge is 0.264 e. The van der Waals surface area contributed by atoms with Crippen molar-refractivity contribution in [2.75, 3.05) is 28.9 Å². The van der Waals surface area contributed by atoms with Crippen LogP contribution in [-0.4, -0.2) is 39.9 Å². The van der Waals surface area contributed by atoms with E-state index in [1.54, 1.807) is 4.90 Å². The van der Waals surface area contributed by atoms with Crippen LogP contribution in [0.1, 0.15) is 25.3 Å². The third-order valence-corrected chi connectivity index (χ3v) is 7.70. The maximum Gasteiger partial charge on any atom is 0.264 e. The molecule has 10 heteroatoms. The summed E-state index contributed by atoms with van der Waals surface area (Å²) in [5.41, 5.74) is 1.69. The molecule has 1 aliphatic rings. The lowest BCUT2D eigenvalue weighted by molar-refractivity contribution is -0.120. The van der Waals surface area contributed by atoms with E-state index in [0.29, 0.717) is 25.3 Å². The first-order valence-electron chi connectivity index (χ1n) is 11.9. The number of anilines is 2. The molecule has 1 aliphatic heterocycles. The summed E-state index contributed by atoms with van der Waals surface area (Å²) in [6.07, 6.45) is 1.32. The molecule has 1 N–H and O–H groups in total. The van der Waals surface area contributed by atoms with Gasteiger partial charge in [-0.3, -0.25) is 13.9 Å². The van der Waals surface area contributed by atoms with Crippen LogP contribution in [0.25, 0.3) is 0 Å². The summed E-state index contributed by atoms with van der Waals surface area (Å²) in [6.45, 7) is 2.55. The molecule has 8 nitrogen and oxygen atoms in total. The minimum atomic E-state index is -4.15. The molecule has 0 bridgehead atoms. The highest BCUT2D eigenvalue weighted by Crippen LogP contribution is 2.26. The number of sulfonamides is 1. The van der Waals surface area contributed by atoms with Gasteiger partial charge >= 0.3 is 0 Å². The van der Waals surface area contributed by atoms with Gasteiger partial charge in [-0.05, 0) is 79.6 Å². The standard InChI is InChI=1S/C27H28FN3O5S/c1-2-36-24-12-14-25(15-13-24)37(34,35)31(22-10-8-21(28)9-11-22)19-26(32)29-18-20-5-3-6-23(17-20)30-16-4-7-27(30)33/h3,5-6,8-15,17H,2,4,7,16,18-19H2,1H3,(H,29,32). The Balaban J connectivity index is 1.51. The third kappa shape index (κ3) is 6.26. The van der Waals surface area contributed by atoms with Crippen molar-refractivity contribution in [3.05, 3.63) is 84.2 Å². The van der Waals surface area contributed by atoms with Gasteiger partial charge in [0.15, 0.2) is 0 Å². The first-order chi connectivity index (χ1) is 17.8. The molecule has 0 unspecified atom stereocenters. The average molecular weight is 526 g/mol. The van der Waals surface area contributed by atoms with Gasteiger partial charge in [-0.25, -0.2) is 12.8 Å². The van der Waals surface area contributed by atoms with Crippen LogP contribution in [0, 0.1) is 5.82 Å². The number of benzene rings is 3. The molecule has 0 radical (unpaired) electrons. The normalized spacial score (nSPS) is 13.5. The van der Waals surface area contributed by atoms with Gasteiger partial charge < -0.3 is 15.0 Å². The fourth-order valence-corrected chi connectivity index (χ4v) is 5.49. The molecule has 0 aromatic heterocycles. The molecule has 3 aromatic rings. The first-order valence-corrected chi connectivity index (χ1v) is 13.4. The number of amides is 2. The number of carbonyl (C=O) groups excluding carboxylic acids is 2. The highest BCUT2D eigenvalue weighted by Gasteiger charge is 2.27. The minimum Gasteiger partial charge on any atom is -0.494 e. The second-order valence-corrected chi connectivity index (χ2v) is 10.4. The van der Waals surface area contributed by atoms with E-state index in [9.17, 15) is 22.4 Å². The second kappa shape index (κ2) is 11.4. The Kier molecular flexibility index (Phi) is 8.08. The second-order valence-electron chi connectivity index (χ2n) is 8.49. The summed E-state index contributed by atoms with van der Waals surface area (Å²) in [6, 6.07) is 18.1. The maximum absolute atomic E-state index is 13.5. The number of hydrogen-bond donors (Lipinski definition) is 1. The van der Waals surface area contributed by atoms with Crippen molar-refractivity contribution in [1.29, 1.82) is 0 Å². The van der Waals surface area contributed by atoms with E-state index in [0.717, 1.165) is 34.1 Å². The Morgan fingerprint density at radius 1 is 1.08 bits per heavy atom. The number of ether oxygens (including phenoxy) is 1. The Hall–Kier alpha value is -3.92. The minimum absolute atomic E-state index is 0.0314. The fraction of sp³-hybridized carbons (Fsp3) is 0.259. The molecule has 2 amide bonds. The molecular weight excluding hydrogens is 497 g/mol. The number of carbonyl (C=O) groups is 2. The van der Waals surface area contributed by atoms with E-state index in [-0.39, 0.29) is 23.0 Å². The van der Waals surface area contributed by atoms with E-state index in [1.807, 2.05) is 31.2 Å². The molecular formula is C27H28FN3O5S. The summed E-state index contributed by atoms with van der Waals surface area (Å²) in [4.78, 5) is 26.6. The van der Waals surface area contributed by atoms with Crippen LogP contribution in [0.2, 0.25) is 0 Å². The van der Waals surface area contributed by atoms with Crippen LogP contribution in [0.4, 0.5) is 15.8 Å². The van der Waals surface area contributed by atoms with Crippen LogP contribution >= 0.6 is 0 Å². The van der Waals surface area contributed by atoms with Crippen LogP contribution in [0.3, 0.4) is 0 Å². The van der Waals surface area contributed by atoms with Gasteiger partial charge in [0.05, 0.1) is 17.2 Å². The predicted octanol–water partition coefficient (Wildman–Crippen LogP) is 3.86. The average Bonchev–Trinajstić information content (AvgIpc) is 3.33. The summed E-state index contributed by atoms with van der Waals surface area (Å²) >= 11 is 0. The Bertz CT molecular complexity index is 1360. The molecule has 194 valence electrons. The number of rotatable bonds is 10. The van der Waals surface area contributed by atoms with E-state index in [2.05, 4.69) is 5.32 Å². The van der Waals surface area contributed by atoms with E-state index < -0.39 is 28.3 Å². The molecule has 0 saturated carbocycles. The van der Waals surface area contributed by atoms with Gasteiger partial charge in [-0.15, -0.1) is 0 Å². The fourth-order valence-electron chi connectivity index (χ4n) is 4.07. The monoisotopic (exact) mass is 525 g/mol. The topological polar surface area (TPSA) is 96.0 Å². The Morgan fingerprint density at radius 3 is 2.46 bits per heavy atom. The van der Waals surface area contributed by atoms with Crippen LogP contribution in [0.15, 0.2) is 77.7 Å². The zero-order valence-electron chi connectivity index (χ0n) is 20.4. The van der Waals surface area contributed by atoms with Gasteiger partial charge in [-0.1, -0.05) is 12.1 Å². The van der Waals surface area contributed by atoms with Gasteiger partial charge in [-0.2, -0.15) is 0 Å². The van der Waals surface area contributed by atoms with Crippen molar-refractivity contribution in [2.24, 2.45) is 0 Å². The highest BCUT2D eigenvalue weighted by molar-refractivity contribution is 7.92. The Morgan fingerprint density at radius 2 is 1.81 bits per heavy atom.